The van der Waals surface area contributed by atoms with Crippen LogP contribution in [0.25, 0.3) is 0 Å². The fourth-order valence-electron chi connectivity index (χ4n) is 2.15. The van der Waals surface area contributed by atoms with Crippen molar-refractivity contribution in [2.45, 2.75) is 30.7 Å². The summed E-state index contributed by atoms with van der Waals surface area (Å²) < 4.78 is 11.1. The summed E-state index contributed by atoms with van der Waals surface area (Å²) >= 11 is 6.21. The zero-order valence-corrected chi connectivity index (χ0v) is 10.5. The van der Waals surface area contributed by atoms with Crippen molar-refractivity contribution in [3.8, 4) is 5.75 Å². The standard InChI is InChI=1S/C13H17ClO2/c1-13(9-11(14)6-7-16-13)10-4-3-5-12(8-10)15-2/h3-5,8,11H,6-7,9H2,1-2H3. The Hall–Kier alpha value is -0.730. The summed E-state index contributed by atoms with van der Waals surface area (Å²) in [7, 11) is 1.67. The summed E-state index contributed by atoms with van der Waals surface area (Å²) in [6.45, 7) is 2.82. The van der Waals surface area contributed by atoms with Crippen LogP contribution >= 0.6 is 11.6 Å². The molecule has 1 heterocycles. The van der Waals surface area contributed by atoms with E-state index in [0.29, 0.717) is 0 Å². The van der Waals surface area contributed by atoms with Crippen molar-refractivity contribution in [1.82, 2.24) is 0 Å². The molecule has 0 aliphatic carbocycles. The molecule has 88 valence electrons. The maximum atomic E-state index is 6.21. The average Bonchev–Trinajstić information content (AvgIpc) is 2.29. The molecular weight excluding hydrogens is 224 g/mol. The normalized spacial score (nSPS) is 30.1. The monoisotopic (exact) mass is 240 g/mol. The highest BCUT2D eigenvalue weighted by atomic mass is 35.5. The first kappa shape index (κ1) is 11.7. The molecule has 1 fully saturated rings. The lowest BCUT2D eigenvalue weighted by Crippen LogP contribution is -2.35. The minimum absolute atomic E-state index is 0.199. The summed E-state index contributed by atoms with van der Waals surface area (Å²) in [6.07, 6.45) is 1.78. The smallest absolute Gasteiger partial charge is 0.119 e. The molecule has 1 saturated heterocycles. The van der Waals surface area contributed by atoms with Crippen LogP contribution in [0.1, 0.15) is 25.3 Å². The van der Waals surface area contributed by atoms with Gasteiger partial charge in [0.05, 0.1) is 12.7 Å². The molecule has 1 aliphatic rings. The quantitative estimate of drug-likeness (QED) is 0.739. The van der Waals surface area contributed by atoms with Gasteiger partial charge < -0.3 is 9.47 Å². The van der Waals surface area contributed by atoms with Crippen LogP contribution < -0.4 is 4.74 Å². The average molecular weight is 241 g/mol. The molecule has 0 N–H and O–H groups in total. The second kappa shape index (κ2) is 4.64. The second-order valence-corrected chi connectivity index (χ2v) is 5.02. The lowest BCUT2D eigenvalue weighted by Gasteiger charge is -2.36. The Morgan fingerprint density at radius 1 is 1.50 bits per heavy atom. The highest BCUT2D eigenvalue weighted by molar-refractivity contribution is 6.20. The lowest BCUT2D eigenvalue weighted by molar-refractivity contribution is -0.0684. The fourth-order valence-corrected chi connectivity index (χ4v) is 2.53. The second-order valence-electron chi connectivity index (χ2n) is 4.40. The molecule has 16 heavy (non-hydrogen) atoms. The van der Waals surface area contributed by atoms with E-state index >= 15 is 0 Å². The first-order valence-electron chi connectivity index (χ1n) is 5.56. The molecule has 0 aromatic heterocycles. The lowest BCUT2D eigenvalue weighted by atomic mass is 9.88. The van der Waals surface area contributed by atoms with Gasteiger partial charge in [-0.25, -0.2) is 0 Å². The van der Waals surface area contributed by atoms with Crippen LogP contribution in [0.4, 0.5) is 0 Å². The molecule has 1 aromatic carbocycles. The minimum atomic E-state index is -0.279. The Morgan fingerprint density at radius 2 is 2.31 bits per heavy atom. The van der Waals surface area contributed by atoms with E-state index in [1.807, 2.05) is 18.2 Å². The zero-order valence-electron chi connectivity index (χ0n) is 9.70. The fraction of sp³-hybridized carbons (Fsp3) is 0.538. The predicted molar refractivity (Wildman–Crippen MR) is 65.2 cm³/mol. The third kappa shape index (κ3) is 2.33. The van der Waals surface area contributed by atoms with Gasteiger partial charge in [-0.05, 0) is 37.5 Å². The maximum Gasteiger partial charge on any atom is 0.119 e. The van der Waals surface area contributed by atoms with Gasteiger partial charge in [-0.15, -0.1) is 11.6 Å². The maximum absolute atomic E-state index is 6.21. The first-order chi connectivity index (χ1) is 7.64. The number of hydrogen-bond acceptors (Lipinski definition) is 2. The largest absolute Gasteiger partial charge is 0.497 e. The predicted octanol–water partition coefficient (Wildman–Crippen LogP) is 3.33. The van der Waals surface area contributed by atoms with Gasteiger partial charge in [0, 0.05) is 12.0 Å². The van der Waals surface area contributed by atoms with Gasteiger partial charge in [0.15, 0.2) is 0 Å². The Labute approximate surface area is 102 Å². The third-order valence-corrected chi connectivity index (χ3v) is 3.52. The zero-order chi connectivity index (χ0) is 11.6. The summed E-state index contributed by atoms with van der Waals surface area (Å²) in [5.74, 6) is 0.860. The van der Waals surface area contributed by atoms with Gasteiger partial charge in [-0.3, -0.25) is 0 Å². The van der Waals surface area contributed by atoms with Crippen molar-refractivity contribution in [3.05, 3.63) is 29.8 Å². The Kier molecular flexibility index (Phi) is 3.41. The van der Waals surface area contributed by atoms with Crippen molar-refractivity contribution in [3.63, 3.8) is 0 Å². The highest BCUT2D eigenvalue weighted by Gasteiger charge is 2.34. The molecule has 1 aliphatic heterocycles. The number of alkyl halides is 1. The third-order valence-electron chi connectivity index (χ3n) is 3.14. The van der Waals surface area contributed by atoms with E-state index in [1.54, 1.807) is 7.11 Å². The van der Waals surface area contributed by atoms with Crippen LogP contribution in [0.15, 0.2) is 24.3 Å². The molecule has 0 radical (unpaired) electrons. The number of benzene rings is 1. The Balaban J connectivity index is 2.27. The van der Waals surface area contributed by atoms with Crippen LogP contribution in [0.3, 0.4) is 0 Å². The number of halogens is 1. The number of rotatable bonds is 2. The SMILES string of the molecule is COc1cccc(C2(C)CC(Cl)CCO2)c1. The van der Waals surface area contributed by atoms with E-state index < -0.39 is 0 Å². The summed E-state index contributed by atoms with van der Waals surface area (Å²) in [4.78, 5) is 0. The highest BCUT2D eigenvalue weighted by Crippen LogP contribution is 2.37. The van der Waals surface area contributed by atoms with Crippen LogP contribution in [0, 0.1) is 0 Å². The van der Waals surface area contributed by atoms with Gasteiger partial charge in [-0.1, -0.05) is 12.1 Å². The van der Waals surface area contributed by atoms with Gasteiger partial charge in [0.2, 0.25) is 0 Å². The van der Waals surface area contributed by atoms with E-state index in [0.717, 1.165) is 30.8 Å². The van der Waals surface area contributed by atoms with Crippen molar-refractivity contribution >= 4 is 11.6 Å². The van der Waals surface area contributed by atoms with E-state index in [4.69, 9.17) is 21.1 Å². The Bertz CT molecular complexity index is 367. The van der Waals surface area contributed by atoms with E-state index in [9.17, 15) is 0 Å². The molecular formula is C13H17ClO2. The van der Waals surface area contributed by atoms with Crippen LogP contribution in [-0.4, -0.2) is 19.1 Å². The topological polar surface area (TPSA) is 18.5 Å². The van der Waals surface area contributed by atoms with E-state index in [2.05, 4.69) is 13.0 Å². The molecule has 0 saturated carbocycles. The molecule has 1 aromatic rings. The molecule has 0 amide bonds. The summed E-state index contributed by atoms with van der Waals surface area (Å²) in [5, 5.41) is 0.199. The number of ether oxygens (including phenoxy) is 2. The van der Waals surface area contributed by atoms with Crippen molar-refractivity contribution < 1.29 is 9.47 Å². The first-order valence-corrected chi connectivity index (χ1v) is 6.00. The number of methoxy groups -OCH3 is 1. The number of hydrogen-bond donors (Lipinski definition) is 0. The van der Waals surface area contributed by atoms with E-state index in [1.165, 1.54) is 0 Å². The molecule has 0 spiro atoms. The van der Waals surface area contributed by atoms with Crippen LogP contribution in [-0.2, 0) is 10.3 Å². The van der Waals surface area contributed by atoms with Crippen LogP contribution in [0.2, 0.25) is 0 Å². The molecule has 2 atom stereocenters. The molecule has 2 nitrogen and oxygen atoms in total. The Morgan fingerprint density at radius 3 is 3.00 bits per heavy atom. The van der Waals surface area contributed by atoms with Crippen molar-refractivity contribution in [1.29, 1.82) is 0 Å². The molecule has 2 rings (SSSR count). The van der Waals surface area contributed by atoms with Crippen molar-refractivity contribution in [2.75, 3.05) is 13.7 Å². The van der Waals surface area contributed by atoms with Crippen molar-refractivity contribution in [2.24, 2.45) is 0 Å². The molecule has 2 unspecified atom stereocenters. The van der Waals surface area contributed by atoms with Gasteiger partial charge in [0.25, 0.3) is 0 Å². The molecule has 3 heteroatoms. The van der Waals surface area contributed by atoms with Gasteiger partial charge in [0.1, 0.15) is 5.75 Å². The minimum Gasteiger partial charge on any atom is -0.497 e. The van der Waals surface area contributed by atoms with Crippen LogP contribution in [0.5, 0.6) is 5.75 Å². The van der Waals surface area contributed by atoms with E-state index in [-0.39, 0.29) is 11.0 Å². The van der Waals surface area contributed by atoms with Gasteiger partial charge >= 0.3 is 0 Å². The molecule has 0 bridgehead atoms. The van der Waals surface area contributed by atoms with Gasteiger partial charge in [-0.2, -0.15) is 0 Å². The summed E-state index contributed by atoms with van der Waals surface area (Å²) in [5.41, 5.74) is 0.858. The summed E-state index contributed by atoms with van der Waals surface area (Å²) in [6, 6.07) is 8.01.